The summed E-state index contributed by atoms with van der Waals surface area (Å²) in [6.07, 6.45) is 0. The molecule has 0 aliphatic rings. The van der Waals surface area contributed by atoms with Gasteiger partial charge in [0.1, 0.15) is 0 Å². The molecule has 0 unspecified atom stereocenters. The molecule has 25 heavy (non-hydrogen) atoms. The average molecular weight is 345 g/mol. The SMILES string of the molecule is Cc1ccccc1-c1nnc(SCc2cccc3ccccc23)n1C. The Hall–Kier alpha value is -2.59. The van der Waals surface area contributed by atoms with E-state index in [1.165, 1.54) is 21.9 Å². The summed E-state index contributed by atoms with van der Waals surface area (Å²) in [5, 5.41) is 12.3. The molecule has 0 aliphatic heterocycles. The molecule has 0 bridgehead atoms. The van der Waals surface area contributed by atoms with Crippen LogP contribution in [0.15, 0.2) is 71.9 Å². The maximum atomic E-state index is 4.41. The lowest BCUT2D eigenvalue weighted by atomic mass is 10.1. The molecule has 1 heterocycles. The molecular formula is C21H19N3S. The molecule has 124 valence electrons. The Morgan fingerprint density at radius 2 is 1.64 bits per heavy atom. The number of aromatic nitrogens is 3. The Labute approximate surface area is 151 Å². The standard InChI is InChI=1S/C21H19N3S/c1-15-8-3-5-12-18(15)20-22-23-21(24(20)2)25-14-17-11-7-10-16-9-4-6-13-19(16)17/h3-13H,14H2,1-2H3. The van der Waals surface area contributed by atoms with Gasteiger partial charge in [-0.25, -0.2) is 0 Å². The van der Waals surface area contributed by atoms with Crippen LogP contribution in [0.1, 0.15) is 11.1 Å². The zero-order valence-electron chi connectivity index (χ0n) is 14.3. The van der Waals surface area contributed by atoms with Crippen molar-refractivity contribution in [2.75, 3.05) is 0 Å². The Morgan fingerprint density at radius 3 is 2.52 bits per heavy atom. The Morgan fingerprint density at radius 1 is 0.880 bits per heavy atom. The van der Waals surface area contributed by atoms with Crippen LogP contribution in [0.2, 0.25) is 0 Å². The lowest BCUT2D eigenvalue weighted by Gasteiger charge is -2.08. The first-order chi connectivity index (χ1) is 12.2. The van der Waals surface area contributed by atoms with E-state index in [4.69, 9.17) is 0 Å². The van der Waals surface area contributed by atoms with Gasteiger partial charge in [-0.1, -0.05) is 78.5 Å². The number of hydrogen-bond acceptors (Lipinski definition) is 3. The fourth-order valence-electron chi connectivity index (χ4n) is 3.06. The summed E-state index contributed by atoms with van der Waals surface area (Å²) in [5.74, 6) is 1.79. The van der Waals surface area contributed by atoms with Crippen molar-refractivity contribution < 1.29 is 0 Å². The smallest absolute Gasteiger partial charge is 0.191 e. The maximum Gasteiger partial charge on any atom is 0.191 e. The first kappa shape index (κ1) is 15.9. The van der Waals surface area contributed by atoms with Gasteiger partial charge in [-0.15, -0.1) is 10.2 Å². The summed E-state index contributed by atoms with van der Waals surface area (Å²) in [5.41, 5.74) is 3.67. The van der Waals surface area contributed by atoms with Crippen molar-refractivity contribution in [2.45, 2.75) is 17.8 Å². The zero-order chi connectivity index (χ0) is 17.2. The first-order valence-electron chi connectivity index (χ1n) is 8.29. The van der Waals surface area contributed by atoms with Crippen LogP contribution in [0.4, 0.5) is 0 Å². The van der Waals surface area contributed by atoms with Gasteiger partial charge in [-0.2, -0.15) is 0 Å². The molecule has 3 nitrogen and oxygen atoms in total. The fourth-order valence-corrected chi connectivity index (χ4v) is 3.97. The van der Waals surface area contributed by atoms with E-state index in [0.29, 0.717) is 0 Å². The largest absolute Gasteiger partial charge is 0.305 e. The molecule has 0 saturated carbocycles. The highest BCUT2D eigenvalue weighted by Crippen LogP contribution is 2.29. The minimum atomic E-state index is 0.876. The monoisotopic (exact) mass is 345 g/mol. The predicted molar refractivity (Wildman–Crippen MR) is 105 cm³/mol. The number of rotatable bonds is 4. The molecule has 0 radical (unpaired) electrons. The van der Waals surface area contributed by atoms with Crippen LogP contribution < -0.4 is 0 Å². The minimum Gasteiger partial charge on any atom is -0.305 e. The number of aryl methyl sites for hydroxylation is 1. The Bertz CT molecular complexity index is 1030. The fraction of sp³-hybridized carbons (Fsp3) is 0.143. The minimum absolute atomic E-state index is 0.876. The normalized spacial score (nSPS) is 11.1. The van der Waals surface area contributed by atoms with Crippen molar-refractivity contribution in [1.29, 1.82) is 0 Å². The van der Waals surface area contributed by atoms with Gasteiger partial charge in [0.2, 0.25) is 0 Å². The van der Waals surface area contributed by atoms with Crippen LogP contribution in [0.25, 0.3) is 22.2 Å². The van der Waals surface area contributed by atoms with Crippen molar-refractivity contribution in [3.63, 3.8) is 0 Å². The second-order valence-corrected chi connectivity index (χ2v) is 7.05. The summed E-state index contributed by atoms with van der Waals surface area (Å²) >= 11 is 1.73. The average Bonchev–Trinajstić information content (AvgIpc) is 3.01. The summed E-state index contributed by atoms with van der Waals surface area (Å²) in [4.78, 5) is 0. The number of hydrogen-bond donors (Lipinski definition) is 0. The van der Waals surface area contributed by atoms with Crippen molar-refractivity contribution in [2.24, 2.45) is 7.05 Å². The molecular weight excluding hydrogens is 326 g/mol. The molecule has 1 aromatic heterocycles. The van der Waals surface area contributed by atoms with Gasteiger partial charge in [0.05, 0.1) is 0 Å². The molecule has 0 spiro atoms. The molecule has 0 aliphatic carbocycles. The summed E-state index contributed by atoms with van der Waals surface area (Å²) in [7, 11) is 2.03. The summed E-state index contributed by atoms with van der Waals surface area (Å²) in [6, 6.07) is 23.3. The first-order valence-corrected chi connectivity index (χ1v) is 9.27. The van der Waals surface area contributed by atoms with E-state index < -0.39 is 0 Å². The number of benzene rings is 3. The van der Waals surface area contributed by atoms with E-state index in [0.717, 1.165) is 22.3 Å². The summed E-state index contributed by atoms with van der Waals surface area (Å²) < 4.78 is 2.08. The van der Waals surface area contributed by atoms with E-state index in [2.05, 4.69) is 76.3 Å². The van der Waals surface area contributed by atoms with Crippen LogP contribution in [0.5, 0.6) is 0 Å². The van der Waals surface area contributed by atoms with Crippen molar-refractivity contribution >= 4 is 22.5 Å². The molecule has 0 amide bonds. The molecule has 4 heteroatoms. The highest BCUT2D eigenvalue weighted by molar-refractivity contribution is 7.98. The van der Waals surface area contributed by atoms with Gasteiger partial charge < -0.3 is 4.57 Å². The molecule has 0 N–H and O–H groups in total. The molecule has 0 saturated heterocycles. The zero-order valence-corrected chi connectivity index (χ0v) is 15.1. The van der Waals surface area contributed by atoms with E-state index in [1.807, 2.05) is 19.2 Å². The molecule has 4 aromatic rings. The van der Waals surface area contributed by atoms with E-state index >= 15 is 0 Å². The van der Waals surface area contributed by atoms with Crippen molar-refractivity contribution in [1.82, 2.24) is 14.8 Å². The third-order valence-electron chi connectivity index (χ3n) is 4.46. The van der Waals surface area contributed by atoms with Crippen LogP contribution in [0, 0.1) is 6.92 Å². The van der Waals surface area contributed by atoms with Crippen LogP contribution in [0.3, 0.4) is 0 Å². The van der Waals surface area contributed by atoms with Crippen LogP contribution in [-0.4, -0.2) is 14.8 Å². The highest BCUT2D eigenvalue weighted by Gasteiger charge is 2.13. The van der Waals surface area contributed by atoms with Crippen LogP contribution >= 0.6 is 11.8 Å². The predicted octanol–water partition coefficient (Wildman–Crippen LogP) is 5.24. The summed E-state index contributed by atoms with van der Waals surface area (Å²) in [6.45, 7) is 2.10. The lowest BCUT2D eigenvalue weighted by molar-refractivity contribution is 0.793. The number of nitrogens with zero attached hydrogens (tertiary/aromatic N) is 3. The van der Waals surface area contributed by atoms with Crippen molar-refractivity contribution in [3.05, 3.63) is 77.9 Å². The molecule has 4 rings (SSSR count). The van der Waals surface area contributed by atoms with E-state index in [1.54, 1.807) is 11.8 Å². The van der Waals surface area contributed by atoms with Crippen LogP contribution in [-0.2, 0) is 12.8 Å². The second kappa shape index (κ2) is 6.73. The number of thioether (sulfide) groups is 1. The molecule has 0 atom stereocenters. The lowest BCUT2D eigenvalue weighted by Crippen LogP contribution is -1.96. The number of fused-ring (bicyclic) bond motifs is 1. The van der Waals surface area contributed by atoms with Gasteiger partial charge in [-0.3, -0.25) is 0 Å². The Kier molecular flexibility index (Phi) is 4.28. The van der Waals surface area contributed by atoms with E-state index in [9.17, 15) is 0 Å². The second-order valence-electron chi connectivity index (χ2n) is 6.11. The van der Waals surface area contributed by atoms with Gasteiger partial charge in [0, 0.05) is 18.4 Å². The van der Waals surface area contributed by atoms with Gasteiger partial charge in [0.15, 0.2) is 11.0 Å². The molecule has 0 fully saturated rings. The van der Waals surface area contributed by atoms with Crippen molar-refractivity contribution in [3.8, 4) is 11.4 Å². The third-order valence-corrected chi connectivity index (χ3v) is 5.53. The Balaban J connectivity index is 1.61. The molecule has 3 aromatic carbocycles. The van der Waals surface area contributed by atoms with Gasteiger partial charge in [-0.05, 0) is 28.8 Å². The topological polar surface area (TPSA) is 30.7 Å². The maximum absolute atomic E-state index is 4.41. The van der Waals surface area contributed by atoms with Gasteiger partial charge >= 0.3 is 0 Å². The van der Waals surface area contributed by atoms with E-state index in [-0.39, 0.29) is 0 Å². The quantitative estimate of drug-likeness (QED) is 0.474. The van der Waals surface area contributed by atoms with Gasteiger partial charge in [0.25, 0.3) is 0 Å². The highest BCUT2D eigenvalue weighted by atomic mass is 32.2. The third kappa shape index (κ3) is 3.05.